The third-order valence-corrected chi connectivity index (χ3v) is 4.30. The van der Waals surface area contributed by atoms with Crippen LogP contribution in [-0.4, -0.2) is 24.5 Å². The molecule has 0 N–H and O–H groups in total. The molecule has 0 aliphatic carbocycles. The molecule has 0 saturated heterocycles. The highest BCUT2D eigenvalue weighted by molar-refractivity contribution is 5.67. The van der Waals surface area contributed by atoms with Crippen molar-refractivity contribution in [2.75, 3.05) is 4.90 Å². The minimum absolute atomic E-state index is 0.259. The van der Waals surface area contributed by atoms with Gasteiger partial charge >= 0.3 is 13.2 Å². The number of halogens is 4. The Morgan fingerprint density at radius 2 is 1.55 bits per heavy atom. The first-order valence-corrected chi connectivity index (χ1v) is 9.19. The van der Waals surface area contributed by atoms with Crippen LogP contribution in [-0.2, 0) is 17.8 Å². The number of aldehydes is 1. The van der Waals surface area contributed by atoms with Crippen molar-refractivity contribution in [3.05, 3.63) is 78.1 Å². The van der Waals surface area contributed by atoms with Crippen LogP contribution in [0.15, 0.2) is 67.0 Å². The zero-order valence-electron chi connectivity index (χ0n) is 16.1. The summed E-state index contributed by atoms with van der Waals surface area (Å²) in [5, 5.41) is 0. The first kappa shape index (κ1) is 22.1. The molecule has 0 fully saturated rings. The number of hydrogen-bond acceptors (Lipinski definition) is 5. The van der Waals surface area contributed by atoms with E-state index < -0.39 is 24.7 Å². The molecule has 9 heteroatoms. The Labute approximate surface area is 175 Å². The molecule has 1 aromatic heterocycles. The highest BCUT2D eigenvalue weighted by atomic mass is 19.3. The Morgan fingerprint density at radius 1 is 0.871 bits per heavy atom. The van der Waals surface area contributed by atoms with Crippen molar-refractivity contribution in [3.63, 3.8) is 0 Å². The van der Waals surface area contributed by atoms with Crippen LogP contribution in [0.4, 0.5) is 28.9 Å². The monoisotopic (exact) mass is 434 g/mol. The number of pyridine rings is 1. The lowest BCUT2D eigenvalue weighted by Gasteiger charge is -2.26. The number of carbonyl (C=O) groups is 1. The number of alkyl halides is 4. The second kappa shape index (κ2) is 10.4. The maximum atomic E-state index is 12.8. The second-order valence-electron chi connectivity index (χ2n) is 6.37. The maximum Gasteiger partial charge on any atom is 0.387 e. The molecule has 3 aromatic rings. The number of anilines is 2. The lowest BCUT2D eigenvalue weighted by Crippen LogP contribution is -2.17. The summed E-state index contributed by atoms with van der Waals surface area (Å²) in [7, 11) is 0. The fourth-order valence-electron chi connectivity index (χ4n) is 2.96. The maximum absolute atomic E-state index is 12.8. The summed E-state index contributed by atoms with van der Waals surface area (Å²) in [4.78, 5) is 16.6. The van der Waals surface area contributed by atoms with Crippen LogP contribution in [0, 0.1) is 0 Å². The van der Waals surface area contributed by atoms with Gasteiger partial charge < -0.3 is 19.2 Å². The number of benzene rings is 2. The SMILES string of the molecule is O=CCc1ccc(N(Cc2cccnc2)c2ccc(OC(F)F)c(OC(F)F)c2)cc1. The number of ether oxygens (including phenoxy) is 2. The number of aromatic nitrogens is 1. The molecule has 31 heavy (non-hydrogen) atoms. The van der Waals surface area contributed by atoms with Gasteiger partial charge in [0, 0.05) is 42.8 Å². The molecule has 0 atom stereocenters. The number of carbonyl (C=O) groups excluding carboxylic acids is 1. The van der Waals surface area contributed by atoms with Gasteiger partial charge in [-0.3, -0.25) is 4.98 Å². The molecule has 5 nitrogen and oxygen atoms in total. The van der Waals surface area contributed by atoms with Gasteiger partial charge in [0.15, 0.2) is 11.5 Å². The molecule has 1 heterocycles. The van der Waals surface area contributed by atoms with Crippen LogP contribution in [0.25, 0.3) is 0 Å². The normalized spacial score (nSPS) is 10.9. The highest BCUT2D eigenvalue weighted by Gasteiger charge is 2.18. The van der Waals surface area contributed by atoms with Crippen LogP contribution < -0.4 is 14.4 Å². The molecule has 2 aromatic carbocycles. The Hall–Kier alpha value is -3.62. The van der Waals surface area contributed by atoms with Crippen molar-refractivity contribution < 1.29 is 31.8 Å². The molecule has 0 aliphatic heterocycles. The average molecular weight is 434 g/mol. The van der Waals surface area contributed by atoms with Gasteiger partial charge in [-0.05, 0) is 41.5 Å². The second-order valence-corrected chi connectivity index (χ2v) is 6.37. The minimum atomic E-state index is -3.22. The molecule has 0 amide bonds. The van der Waals surface area contributed by atoms with E-state index in [1.165, 1.54) is 12.1 Å². The molecule has 0 aliphatic rings. The van der Waals surface area contributed by atoms with Gasteiger partial charge in [-0.15, -0.1) is 0 Å². The van der Waals surface area contributed by atoms with E-state index in [4.69, 9.17) is 0 Å². The lowest BCUT2D eigenvalue weighted by atomic mass is 10.1. The van der Waals surface area contributed by atoms with Crippen LogP contribution >= 0.6 is 0 Å². The average Bonchev–Trinajstić information content (AvgIpc) is 2.74. The van der Waals surface area contributed by atoms with E-state index >= 15 is 0 Å². The molecule has 0 saturated carbocycles. The predicted molar refractivity (Wildman–Crippen MR) is 106 cm³/mol. The summed E-state index contributed by atoms with van der Waals surface area (Å²) in [5.41, 5.74) is 2.72. The van der Waals surface area contributed by atoms with Crippen LogP contribution in [0.2, 0.25) is 0 Å². The van der Waals surface area contributed by atoms with Gasteiger partial charge in [-0.2, -0.15) is 17.6 Å². The Bertz CT molecular complexity index is 986. The molecule has 162 valence electrons. The van der Waals surface area contributed by atoms with Crippen LogP contribution in [0.1, 0.15) is 11.1 Å². The van der Waals surface area contributed by atoms with E-state index in [9.17, 15) is 22.4 Å². The summed E-state index contributed by atoms with van der Waals surface area (Å²) >= 11 is 0. The lowest BCUT2D eigenvalue weighted by molar-refractivity contribution is -0.107. The first-order chi connectivity index (χ1) is 15.0. The quantitative estimate of drug-likeness (QED) is 0.318. The highest BCUT2D eigenvalue weighted by Crippen LogP contribution is 2.37. The van der Waals surface area contributed by atoms with Crippen molar-refractivity contribution in [2.45, 2.75) is 26.2 Å². The number of rotatable bonds is 10. The van der Waals surface area contributed by atoms with Crippen molar-refractivity contribution in [2.24, 2.45) is 0 Å². The Balaban J connectivity index is 2.02. The first-order valence-electron chi connectivity index (χ1n) is 9.19. The standard InChI is InChI=1S/C22H18F4N2O3/c23-21(24)30-19-8-7-18(12-20(19)31-22(25)26)28(14-16-2-1-10-27-13-16)17-5-3-15(4-6-17)9-11-29/h1-8,10-13,21-22H,9,14H2. The van der Waals surface area contributed by atoms with Gasteiger partial charge in [0.1, 0.15) is 6.29 Å². The minimum Gasteiger partial charge on any atom is -0.431 e. The summed E-state index contributed by atoms with van der Waals surface area (Å²) in [5.74, 6) is -1.01. The smallest absolute Gasteiger partial charge is 0.387 e. The number of hydrogen-bond donors (Lipinski definition) is 0. The zero-order chi connectivity index (χ0) is 22.2. The van der Waals surface area contributed by atoms with Crippen molar-refractivity contribution in [3.8, 4) is 11.5 Å². The predicted octanol–water partition coefficient (Wildman–Crippen LogP) is 5.36. The van der Waals surface area contributed by atoms with E-state index in [0.717, 1.165) is 23.5 Å². The molecule has 0 bridgehead atoms. The van der Waals surface area contributed by atoms with E-state index in [0.29, 0.717) is 17.9 Å². The summed E-state index contributed by atoms with van der Waals surface area (Å²) < 4.78 is 59.7. The van der Waals surface area contributed by atoms with Crippen molar-refractivity contribution in [1.82, 2.24) is 4.98 Å². The van der Waals surface area contributed by atoms with Crippen molar-refractivity contribution in [1.29, 1.82) is 0 Å². The fraction of sp³-hybridized carbons (Fsp3) is 0.182. The Kier molecular flexibility index (Phi) is 7.42. The van der Waals surface area contributed by atoms with E-state index in [1.54, 1.807) is 47.6 Å². The van der Waals surface area contributed by atoms with E-state index in [-0.39, 0.29) is 6.42 Å². The van der Waals surface area contributed by atoms with Gasteiger partial charge in [-0.1, -0.05) is 18.2 Å². The number of nitrogens with zero attached hydrogens (tertiary/aromatic N) is 2. The molecule has 0 radical (unpaired) electrons. The van der Waals surface area contributed by atoms with Gasteiger partial charge in [-0.25, -0.2) is 0 Å². The van der Waals surface area contributed by atoms with Crippen LogP contribution in [0.5, 0.6) is 11.5 Å². The third kappa shape index (κ3) is 6.18. The van der Waals surface area contributed by atoms with Gasteiger partial charge in [0.2, 0.25) is 0 Å². The Morgan fingerprint density at radius 3 is 2.16 bits per heavy atom. The van der Waals surface area contributed by atoms with E-state index in [1.807, 2.05) is 6.07 Å². The van der Waals surface area contributed by atoms with Gasteiger partial charge in [0.05, 0.1) is 0 Å². The zero-order valence-corrected chi connectivity index (χ0v) is 16.1. The summed E-state index contributed by atoms with van der Waals surface area (Å²) in [6, 6.07) is 14.5. The topological polar surface area (TPSA) is 51.7 Å². The molecular formula is C22H18F4N2O3. The largest absolute Gasteiger partial charge is 0.431 e. The van der Waals surface area contributed by atoms with Crippen LogP contribution in [0.3, 0.4) is 0 Å². The summed E-state index contributed by atoms with van der Waals surface area (Å²) in [6.07, 6.45) is 4.32. The van der Waals surface area contributed by atoms with Gasteiger partial charge in [0.25, 0.3) is 0 Å². The fourth-order valence-corrected chi connectivity index (χ4v) is 2.96. The molecule has 3 rings (SSSR count). The van der Waals surface area contributed by atoms with Crippen molar-refractivity contribution >= 4 is 17.7 Å². The summed E-state index contributed by atoms with van der Waals surface area (Å²) in [6.45, 7) is -6.10. The third-order valence-electron chi connectivity index (χ3n) is 4.30. The molecule has 0 spiro atoms. The molecule has 0 unspecified atom stereocenters. The molecular weight excluding hydrogens is 416 g/mol. The van der Waals surface area contributed by atoms with E-state index in [2.05, 4.69) is 14.5 Å².